The van der Waals surface area contributed by atoms with Crippen LogP contribution < -0.4 is 0 Å². The fourth-order valence-electron chi connectivity index (χ4n) is 3.99. The van der Waals surface area contributed by atoms with Gasteiger partial charge in [-0.2, -0.15) is 0 Å². The van der Waals surface area contributed by atoms with Crippen LogP contribution in [-0.4, -0.2) is 15.3 Å². The largest absolute Gasteiger partial charge is 0.507 e. The molecule has 0 amide bonds. The van der Waals surface area contributed by atoms with Crippen molar-refractivity contribution in [2.45, 2.75) is 47.5 Å². The van der Waals surface area contributed by atoms with Gasteiger partial charge in [0.05, 0.1) is 0 Å². The Kier molecular flexibility index (Phi) is 5.12. The summed E-state index contributed by atoms with van der Waals surface area (Å²) in [5.74, 6) is 0.630. The van der Waals surface area contributed by atoms with E-state index in [-0.39, 0.29) is 23.2 Å². The van der Waals surface area contributed by atoms with Crippen molar-refractivity contribution in [3.8, 4) is 17.2 Å². The van der Waals surface area contributed by atoms with Crippen LogP contribution in [0.4, 0.5) is 0 Å². The Labute approximate surface area is 166 Å². The van der Waals surface area contributed by atoms with E-state index in [2.05, 4.69) is 0 Å². The van der Waals surface area contributed by atoms with Gasteiger partial charge in [-0.1, -0.05) is 36.4 Å². The molecule has 3 aromatic rings. The standard InChI is InChI=1S/C25H28O3/c1-13-7-10-19(16(4)23(13)26)22(20-11-8-14(2)24(27)17(20)5)21-12-9-15(3)25(28)18(21)6/h7-12,22,26-28H,1-6H3. The van der Waals surface area contributed by atoms with Gasteiger partial charge in [0.1, 0.15) is 17.2 Å². The van der Waals surface area contributed by atoms with E-state index in [0.717, 1.165) is 50.1 Å². The summed E-state index contributed by atoms with van der Waals surface area (Å²) in [5, 5.41) is 31.7. The normalized spacial score (nSPS) is 11.2. The van der Waals surface area contributed by atoms with Gasteiger partial charge in [-0.15, -0.1) is 0 Å². The molecule has 0 aromatic heterocycles. The maximum absolute atomic E-state index is 10.6. The summed E-state index contributed by atoms with van der Waals surface area (Å²) in [6.07, 6.45) is 0. The zero-order valence-corrected chi connectivity index (χ0v) is 17.4. The molecule has 0 saturated heterocycles. The molecule has 28 heavy (non-hydrogen) atoms. The lowest BCUT2D eigenvalue weighted by atomic mass is 9.78. The molecule has 0 spiro atoms. The zero-order valence-electron chi connectivity index (χ0n) is 17.4. The Bertz CT molecular complexity index is 927. The number of aryl methyl sites for hydroxylation is 3. The van der Waals surface area contributed by atoms with Crippen LogP contribution in [0.5, 0.6) is 17.2 Å². The minimum Gasteiger partial charge on any atom is -0.507 e. The average Bonchev–Trinajstić information content (AvgIpc) is 2.67. The Morgan fingerprint density at radius 1 is 0.464 bits per heavy atom. The van der Waals surface area contributed by atoms with E-state index in [1.807, 2.05) is 77.9 Å². The Hall–Kier alpha value is -2.94. The van der Waals surface area contributed by atoms with Crippen LogP contribution in [0.25, 0.3) is 0 Å². The zero-order chi connectivity index (χ0) is 20.7. The lowest BCUT2D eigenvalue weighted by Gasteiger charge is -2.26. The van der Waals surface area contributed by atoms with Crippen molar-refractivity contribution in [2.75, 3.05) is 0 Å². The minimum absolute atomic E-state index is 0.218. The first-order valence-corrected chi connectivity index (χ1v) is 9.52. The first kappa shape index (κ1) is 19.8. The molecular formula is C25H28O3. The summed E-state index contributed by atoms with van der Waals surface area (Å²) in [6, 6.07) is 11.8. The Balaban J connectivity index is 2.38. The molecule has 0 aliphatic carbocycles. The van der Waals surface area contributed by atoms with Crippen molar-refractivity contribution in [2.24, 2.45) is 0 Å². The fourth-order valence-corrected chi connectivity index (χ4v) is 3.99. The van der Waals surface area contributed by atoms with E-state index in [0.29, 0.717) is 0 Å². The Morgan fingerprint density at radius 3 is 0.964 bits per heavy atom. The molecule has 3 rings (SSSR count). The predicted octanol–water partition coefficient (Wildman–Crippen LogP) is 5.83. The van der Waals surface area contributed by atoms with E-state index in [1.165, 1.54) is 0 Å². The van der Waals surface area contributed by atoms with Crippen LogP contribution in [0.2, 0.25) is 0 Å². The maximum atomic E-state index is 10.6. The number of hydrogen-bond donors (Lipinski definition) is 3. The molecule has 0 saturated carbocycles. The second kappa shape index (κ2) is 7.23. The quantitative estimate of drug-likeness (QED) is 0.504. The predicted molar refractivity (Wildman–Crippen MR) is 114 cm³/mol. The van der Waals surface area contributed by atoms with Crippen molar-refractivity contribution < 1.29 is 15.3 Å². The molecule has 0 atom stereocenters. The molecule has 0 radical (unpaired) electrons. The molecule has 0 fully saturated rings. The SMILES string of the molecule is Cc1ccc(C(c2ccc(C)c(O)c2C)c2ccc(C)c(O)c2C)c(C)c1O. The summed E-state index contributed by atoms with van der Waals surface area (Å²) >= 11 is 0. The van der Waals surface area contributed by atoms with Crippen molar-refractivity contribution in [3.63, 3.8) is 0 Å². The van der Waals surface area contributed by atoms with E-state index >= 15 is 0 Å². The van der Waals surface area contributed by atoms with Crippen LogP contribution >= 0.6 is 0 Å². The lowest BCUT2D eigenvalue weighted by molar-refractivity contribution is 0.463. The number of aromatic hydroxyl groups is 3. The molecular weight excluding hydrogens is 348 g/mol. The first-order valence-electron chi connectivity index (χ1n) is 9.52. The van der Waals surface area contributed by atoms with E-state index in [1.54, 1.807) is 0 Å². The second-order valence-electron chi connectivity index (χ2n) is 7.77. The minimum atomic E-state index is -0.218. The van der Waals surface area contributed by atoms with Gasteiger partial charge in [0, 0.05) is 5.92 Å². The molecule has 3 nitrogen and oxygen atoms in total. The van der Waals surface area contributed by atoms with Crippen LogP contribution in [0.1, 0.15) is 56.0 Å². The lowest BCUT2D eigenvalue weighted by Crippen LogP contribution is -2.10. The highest BCUT2D eigenvalue weighted by atomic mass is 16.3. The van der Waals surface area contributed by atoms with Crippen molar-refractivity contribution in [1.29, 1.82) is 0 Å². The molecule has 0 bridgehead atoms. The number of hydrogen-bond acceptors (Lipinski definition) is 3. The number of phenols is 3. The van der Waals surface area contributed by atoms with Crippen molar-refractivity contribution >= 4 is 0 Å². The van der Waals surface area contributed by atoms with Gasteiger partial charge in [-0.3, -0.25) is 0 Å². The highest BCUT2D eigenvalue weighted by Crippen LogP contribution is 2.43. The molecule has 0 aliphatic heterocycles. The topological polar surface area (TPSA) is 60.7 Å². The van der Waals surface area contributed by atoms with Crippen LogP contribution in [0.3, 0.4) is 0 Å². The monoisotopic (exact) mass is 376 g/mol. The number of rotatable bonds is 3. The Morgan fingerprint density at radius 2 is 0.714 bits per heavy atom. The van der Waals surface area contributed by atoms with Crippen molar-refractivity contribution in [3.05, 3.63) is 86.5 Å². The molecule has 3 heteroatoms. The third kappa shape index (κ3) is 3.11. The molecule has 3 N–H and O–H groups in total. The van der Waals surface area contributed by atoms with Gasteiger partial charge < -0.3 is 15.3 Å². The second-order valence-corrected chi connectivity index (χ2v) is 7.77. The highest BCUT2D eigenvalue weighted by molar-refractivity contribution is 5.59. The molecule has 0 unspecified atom stereocenters. The van der Waals surface area contributed by atoms with E-state index in [9.17, 15) is 15.3 Å². The third-order valence-electron chi connectivity index (χ3n) is 5.96. The maximum Gasteiger partial charge on any atom is 0.121 e. The first-order chi connectivity index (χ1) is 13.1. The van der Waals surface area contributed by atoms with Crippen molar-refractivity contribution in [1.82, 2.24) is 0 Å². The fraction of sp³-hybridized carbons (Fsp3) is 0.280. The van der Waals surface area contributed by atoms with Gasteiger partial charge in [0.25, 0.3) is 0 Å². The highest BCUT2D eigenvalue weighted by Gasteiger charge is 2.26. The van der Waals surface area contributed by atoms with Gasteiger partial charge in [0.15, 0.2) is 0 Å². The smallest absolute Gasteiger partial charge is 0.121 e. The summed E-state index contributed by atoms with van der Waals surface area (Å²) in [6.45, 7) is 11.4. The summed E-state index contributed by atoms with van der Waals surface area (Å²) in [5.41, 5.74) is 7.78. The third-order valence-corrected chi connectivity index (χ3v) is 5.96. The number of phenolic OH excluding ortho intramolecular Hbond substituents is 3. The van der Waals surface area contributed by atoms with Gasteiger partial charge in [-0.05, 0) is 91.6 Å². The van der Waals surface area contributed by atoms with E-state index < -0.39 is 0 Å². The van der Waals surface area contributed by atoms with Crippen LogP contribution in [-0.2, 0) is 0 Å². The molecule has 0 aliphatic rings. The average molecular weight is 376 g/mol. The van der Waals surface area contributed by atoms with Gasteiger partial charge >= 0.3 is 0 Å². The number of benzene rings is 3. The molecule has 146 valence electrons. The van der Waals surface area contributed by atoms with Crippen LogP contribution in [0.15, 0.2) is 36.4 Å². The molecule has 0 heterocycles. The van der Waals surface area contributed by atoms with Crippen LogP contribution in [0, 0.1) is 41.5 Å². The van der Waals surface area contributed by atoms with Gasteiger partial charge in [-0.25, -0.2) is 0 Å². The summed E-state index contributed by atoms with van der Waals surface area (Å²) in [7, 11) is 0. The molecule has 3 aromatic carbocycles. The van der Waals surface area contributed by atoms with Gasteiger partial charge in [0.2, 0.25) is 0 Å². The summed E-state index contributed by atoms with van der Waals surface area (Å²) < 4.78 is 0. The summed E-state index contributed by atoms with van der Waals surface area (Å²) in [4.78, 5) is 0. The van der Waals surface area contributed by atoms with E-state index in [4.69, 9.17) is 0 Å².